The highest BCUT2D eigenvalue weighted by molar-refractivity contribution is 6.37. The third-order valence-corrected chi connectivity index (χ3v) is 4.11. The number of ether oxygens (including phenoxy) is 3. The minimum Gasteiger partial charge on any atom is -0.493 e. The molecule has 1 unspecified atom stereocenters. The van der Waals surface area contributed by atoms with Gasteiger partial charge >= 0.3 is 5.97 Å². The molecule has 0 aliphatic heterocycles. The monoisotopic (exact) mass is 386 g/mol. The number of Topliss-reactive ketones (excluding diaryl/α,β-unsaturated/α-hetero) is 2. The normalized spacial score (nSPS) is 11.5. The molecule has 7 heteroatoms. The van der Waals surface area contributed by atoms with Gasteiger partial charge in [-0.3, -0.25) is 9.59 Å². The molecule has 2 aromatic rings. The summed E-state index contributed by atoms with van der Waals surface area (Å²) in [6.07, 6.45) is -0.431. The van der Waals surface area contributed by atoms with E-state index in [0.717, 1.165) is 5.56 Å². The molecule has 28 heavy (non-hydrogen) atoms. The predicted octanol–water partition coefficient (Wildman–Crippen LogP) is 2.56. The molecule has 0 saturated carbocycles. The molecule has 0 heterocycles. The van der Waals surface area contributed by atoms with Crippen LogP contribution in [0.4, 0.5) is 0 Å². The van der Waals surface area contributed by atoms with E-state index in [0.29, 0.717) is 12.2 Å². The van der Waals surface area contributed by atoms with Crippen molar-refractivity contribution in [1.29, 1.82) is 0 Å². The van der Waals surface area contributed by atoms with E-state index in [4.69, 9.17) is 19.3 Å². The van der Waals surface area contributed by atoms with Gasteiger partial charge in [-0.05, 0) is 17.7 Å². The third-order valence-electron chi connectivity index (χ3n) is 4.11. The number of rotatable bonds is 11. The van der Waals surface area contributed by atoms with Crippen LogP contribution in [0, 0.1) is 0 Å². The van der Waals surface area contributed by atoms with Gasteiger partial charge in [0.25, 0.3) is 0 Å². The SMILES string of the molecule is COc1cccc(C(=O)CC(=O)C(=O)O)c1OCC(Cc1ccccc1)OC. The Labute approximate surface area is 162 Å². The van der Waals surface area contributed by atoms with Crippen molar-refractivity contribution in [1.82, 2.24) is 0 Å². The molecule has 0 aliphatic rings. The zero-order chi connectivity index (χ0) is 20.5. The van der Waals surface area contributed by atoms with E-state index in [1.165, 1.54) is 13.2 Å². The van der Waals surface area contributed by atoms with Crippen molar-refractivity contribution in [2.24, 2.45) is 0 Å². The molecule has 2 rings (SSSR count). The number of methoxy groups -OCH3 is 2. The van der Waals surface area contributed by atoms with Gasteiger partial charge in [0.2, 0.25) is 5.78 Å². The Bertz CT molecular complexity index is 830. The number of hydrogen-bond donors (Lipinski definition) is 1. The Hall–Kier alpha value is -3.19. The molecule has 0 amide bonds. The number of carbonyl (C=O) groups excluding carboxylic acids is 2. The molecule has 1 atom stereocenters. The van der Waals surface area contributed by atoms with Crippen LogP contribution in [0.3, 0.4) is 0 Å². The standard InChI is InChI=1S/C21H22O7/c1-26-15(11-14-7-4-3-5-8-14)13-28-20-16(9-6-10-19(20)27-2)17(22)12-18(23)21(24)25/h3-10,15H,11-13H2,1-2H3,(H,24,25). The highest BCUT2D eigenvalue weighted by Crippen LogP contribution is 2.32. The molecule has 0 aliphatic carbocycles. The lowest BCUT2D eigenvalue weighted by Gasteiger charge is -2.19. The number of carboxylic acids is 1. The zero-order valence-corrected chi connectivity index (χ0v) is 15.7. The number of carbonyl (C=O) groups is 3. The van der Waals surface area contributed by atoms with E-state index < -0.39 is 24.0 Å². The number of benzene rings is 2. The first-order chi connectivity index (χ1) is 13.5. The molecule has 0 aromatic heterocycles. The molecular weight excluding hydrogens is 364 g/mol. The fraction of sp³-hybridized carbons (Fsp3) is 0.286. The number of ketones is 2. The van der Waals surface area contributed by atoms with E-state index in [2.05, 4.69) is 0 Å². The van der Waals surface area contributed by atoms with Crippen LogP contribution < -0.4 is 9.47 Å². The molecule has 2 aromatic carbocycles. The fourth-order valence-electron chi connectivity index (χ4n) is 2.63. The summed E-state index contributed by atoms with van der Waals surface area (Å²) in [5.41, 5.74) is 1.16. The van der Waals surface area contributed by atoms with Crippen LogP contribution in [0.2, 0.25) is 0 Å². The average Bonchev–Trinajstić information content (AvgIpc) is 2.71. The van der Waals surface area contributed by atoms with Gasteiger partial charge in [-0.2, -0.15) is 0 Å². The third kappa shape index (κ3) is 5.65. The molecule has 0 radical (unpaired) electrons. The molecule has 0 spiro atoms. The number of hydrogen-bond acceptors (Lipinski definition) is 6. The topological polar surface area (TPSA) is 99.1 Å². The van der Waals surface area contributed by atoms with Crippen LogP contribution in [-0.2, 0) is 20.7 Å². The van der Waals surface area contributed by atoms with Gasteiger partial charge in [-0.1, -0.05) is 36.4 Å². The summed E-state index contributed by atoms with van der Waals surface area (Å²) >= 11 is 0. The van der Waals surface area contributed by atoms with Crippen LogP contribution in [0.15, 0.2) is 48.5 Å². The van der Waals surface area contributed by atoms with Crippen LogP contribution in [0.1, 0.15) is 22.3 Å². The lowest BCUT2D eigenvalue weighted by molar-refractivity contribution is -0.148. The number of para-hydroxylation sites is 1. The van der Waals surface area contributed by atoms with E-state index in [1.54, 1.807) is 19.2 Å². The Morgan fingerprint density at radius 1 is 1.00 bits per heavy atom. The minimum absolute atomic E-state index is 0.0866. The summed E-state index contributed by atoms with van der Waals surface area (Å²) in [5.74, 6) is -3.02. The summed E-state index contributed by atoms with van der Waals surface area (Å²) in [6.45, 7) is 0.138. The minimum atomic E-state index is -1.65. The number of carboxylic acid groups (broad SMARTS) is 1. The first-order valence-electron chi connectivity index (χ1n) is 8.62. The maximum Gasteiger partial charge on any atom is 0.372 e. The zero-order valence-electron chi connectivity index (χ0n) is 15.7. The van der Waals surface area contributed by atoms with E-state index in [1.807, 2.05) is 30.3 Å². The van der Waals surface area contributed by atoms with E-state index in [9.17, 15) is 14.4 Å². The largest absolute Gasteiger partial charge is 0.493 e. The summed E-state index contributed by atoms with van der Waals surface area (Å²) in [5, 5.41) is 8.72. The molecular formula is C21H22O7. The van der Waals surface area contributed by atoms with Crippen LogP contribution in [0.25, 0.3) is 0 Å². The Morgan fingerprint density at radius 3 is 2.32 bits per heavy atom. The summed E-state index contributed by atoms with van der Waals surface area (Å²) in [7, 11) is 2.99. The summed E-state index contributed by atoms with van der Waals surface area (Å²) in [4.78, 5) is 34.5. The van der Waals surface area contributed by atoms with E-state index in [-0.39, 0.29) is 24.0 Å². The second kappa shape index (κ2) is 10.2. The van der Waals surface area contributed by atoms with E-state index >= 15 is 0 Å². The highest BCUT2D eigenvalue weighted by atomic mass is 16.5. The van der Waals surface area contributed by atoms with Crippen molar-refractivity contribution in [2.75, 3.05) is 20.8 Å². The lowest BCUT2D eigenvalue weighted by Crippen LogP contribution is -2.24. The summed E-state index contributed by atoms with van der Waals surface area (Å²) < 4.78 is 16.5. The smallest absolute Gasteiger partial charge is 0.372 e. The van der Waals surface area contributed by atoms with Crippen molar-refractivity contribution >= 4 is 17.5 Å². The first kappa shape index (κ1) is 21.1. The molecule has 0 bridgehead atoms. The van der Waals surface area contributed by atoms with Crippen LogP contribution in [0.5, 0.6) is 11.5 Å². The molecule has 1 N–H and O–H groups in total. The van der Waals surface area contributed by atoms with Gasteiger partial charge in [0.05, 0.1) is 25.2 Å². The van der Waals surface area contributed by atoms with Crippen molar-refractivity contribution in [3.63, 3.8) is 0 Å². The van der Waals surface area contributed by atoms with Crippen molar-refractivity contribution in [3.8, 4) is 11.5 Å². The maximum absolute atomic E-state index is 12.4. The van der Waals surface area contributed by atoms with Gasteiger partial charge in [-0.15, -0.1) is 0 Å². The van der Waals surface area contributed by atoms with Gasteiger partial charge < -0.3 is 19.3 Å². The van der Waals surface area contributed by atoms with Gasteiger partial charge in [0.15, 0.2) is 17.3 Å². The van der Waals surface area contributed by atoms with Crippen molar-refractivity contribution in [3.05, 3.63) is 59.7 Å². The Balaban J connectivity index is 2.17. The maximum atomic E-state index is 12.4. The summed E-state index contributed by atoms with van der Waals surface area (Å²) in [6, 6.07) is 14.4. The van der Waals surface area contributed by atoms with Crippen molar-refractivity contribution in [2.45, 2.75) is 18.9 Å². The molecule has 0 fully saturated rings. The van der Waals surface area contributed by atoms with Gasteiger partial charge in [-0.25, -0.2) is 4.79 Å². The van der Waals surface area contributed by atoms with Crippen molar-refractivity contribution < 1.29 is 33.7 Å². The van der Waals surface area contributed by atoms with Gasteiger partial charge in [0, 0.05) is 13.5 Å². The molecule has 148 valence electrons. The van der Waals surface area contributed by atoms with Gasteiger partial charge in [0.1, 0.15) is 6.61 Å². The fourth-order valence-corrected chi connectivity index (χ4v) is 2.63. The second-order valence-corrected chi connectivity index (χ2v) is 6.02. The first-order valence-corrected chi connectivity index (χ1v) is 8.62. The quantitative estimate of drug-likeness (QED) is 0.360. The Morgan fingerprint density at radius 2 is 1.71 bits per heavy atom. The predicted molar refractivity (Wildman–Crippen MR) is 101 cm³/mol. The number of aliphatic carboxylic acids is 1. The lowest BCUT2D eigenvalue weighted by atomic mass is 10.0. The van der Waals surface area contributed by atoms with Crippen LogP contribution >= 0.6 is 0 Å². The molecule has 7 nitrogen and oxygen atoms in total. The van der Waals surface area contributed by atoms with Crippen LogP contribution in [-0.4, -0.2) is 49.6 Å². The Kier molecular flexibility index (Phi) is 7.71. The average molecular weight is 386 g/mol. The molecule has 0 saturated heterocycles. The second-order valence-electron chi connectivity index (χ2n) is 6.02. The highest BCUT2D eigenvalue weighted by Gasteiger charge is 2.23.